The van der Waals surface area contributed by atoms with E-state index < -0.39 is 41.1 Å². The highest BCUT2D eigenvalue weighted by molar-refractivity contribution is 6.35. The molecule has 242 valence electrons. The Kier molecular flexibility index (Phi) is 9.87. The molecule has 12 heteroatoms. The van der Waals surface area contributed by atoms with Crippen molar-refractivity contribution in [3.63, 3.8) is 0 Å². The number of alkyl halides is 3. The first-order valence-electron chi connectivity index (χ1n) is 15.0. The average molecular weight is 668 g/mol. The normalized spacial score (nSPS) is 25.5. The molecule has 2 heterocycles. The van der Waals surface area contributed by atoms with Crippen LogP contribution in [0.15, 0.2) is 54.2 Å². The number of amides is 2. The lowest BCUT2D eigenvalue weighted by molar-refractivity contribution is -0.178. The fraction of sp³-hybridized carbons (Fsp3) is 0.485. The van der Waals surface area contributed by atoms with Gasteiger partial charge in [-0.05, 0) is 73.6 Å². The number of rotatable bonds is 8. The first-order chi connectivity index (χ1) is 21.3. The van der Waals surface area contributed by atoms with E-state index in [2.05, 4.69) is 5.32 Å². The molecule has 2 amide bonds. The van der Waals surface area contributed by atoms with E-state index in [0.29, 0.717) is 21.3 Å². The third-order valence-corrected chi connectivity index (χ3v) is 9.83. The largest absolute Gasteiger partial charge is 0.468 e. The van der Waals surface area contributed by atoms with E-state index in [9.17, 15) is 27.6 Å². The van der Waals surface area contributed by atoms with Gasteiger partial charge in [0.25, 0.3) is 0 Å². The third kappa shape index (κ3) is 6.88. The lowest BCUT2D eigenvalue weighted by Gasteiger charge is -2.52. The van der Waals surface area contributed by atoms with Gasteiger partial charge in [-0.15, -0.1) is 0 Å². The van der Waals surface area contributed by atoms with E-state index in [-0.39, 0.29) is 49.4 Å². The number of halogens is 5. The van der Waals surface area contributed by atoms with Gasteiger partial charge >= 0.3 is 12.1 Å². The van der Waals surface area contributed by atoms with Crippen molar-refractivity contribution in [1.29, 1.82) is 0 Å². The Morgan fingerprint density at radius 3 is 2.53 bits per heavy atom. The summed E-state index contributed by atoms with van der Waals surface area (Å²) in [6, 6.07) is 9.61. The minimum Gasteiger partial charge on any atom is -0.468 e. The summed E-state index contributed by atoms with van der Waals surface area (Å²) in [5, 5.41) is 3.40. The fourth-order valence-electron chi connectivity index (χ4n) is 6.89. The first-order valence-corrected chi connectivity index (χ1v) is 15.7. The van der Waals surface area contributed by atoms with Gasteiger partial charge in [0.05, 0.1) is 31.4 Å². The van der Waals surface area contributed by atoms with Crippen LogP contribution in [0, 0.1) is 17.3 Å². The highest BCUT2D eigenvalue weighted by atomic mass is 35.5. The molecule has 0 bridgehead atoms. The minimum atomic E-state index is -4.52. The molecule has 2 aromatic carbocycles. The van der Waals surface area contributed by atoms with E-state index in [4.69, 9.17) is 32.7 Å². The van der Waals surface area contributed by atoms with E-state index in [1.807, 2.05) is 6.08 Å². The van der Waals surface area contributed by atoms with Gasteiger partial charge in [0.2, 0.25) is 11.8 Å². The van der Waals surface area contributed by atoms with Crippen LogP contribution < -0.4 is 5.32 Å². The molecule has 5 rings (SSSR count). The van der Waals surface area contributed by atoms with Crippen LogP contribution >= 0.6 is 23.2 Å². The van der Waals surface area contributed by atoms with Crippen molar-refractivity contribution in [3.05, 3.63) is 81.0 Å². The van der Waals surface area contributed by atoms with Crippen molar-refractivity contribution in [1.82, 2.24) is 10.2 Å². The van der Waals surface area contributed by atoms with Crippen molar-refractivity contribution in [2.75, 3.05) is 7.11 Å². The van der Waals surface area contributed by atoms with Gasteiger partial charge in [-0.2, -0.15) is 13.2 Å². The molecule has 45 heavy (non-hydrogen) atoms. The Balaban J connectivity index is 1.47. The van der Waals surface area contributed by atoms with Gasteiger partial charge in [0, 0.05) is 34.6 Å². The number of nitrogens with one attached hydrogen (secondary N) is 1. The summed E-state index contributed by atoms with van der Waals surface area (Å²) in [4.78, 5) is 42.6. The van der Waals surface area contributed by atoms with Crippen LogP contribution in [0.5, 0.6) is 0 Å². The summed E-state index contributed by atoms with van der Waals surface area (Å²) in [5.41, 5.74) is -0.879. The smallest absolute Gasteiger partial charge is 0.416 e. The second-order valence-corrected chi connectivity index (χ2v) is 12.9. The number of fused-ring (bicyclic) bond motifs is 1. The molecular formula is C33H35Cl2F3N2O5. The quantitative estimate of drug-likeness (QED) is 0.304. The Labute approximate surface area is 270 Å². The number of esters is 1. The molecule has 1 saturated carbocycles. The van der Waals surface area contributed by atoms with Crippen molar-refractivity contribution in [2.24, 2.45) is 17.3 Å². The molecule has 4 atom stereocenters. The standard InChI is InChI=1S/C33H35Cl2F3N2O5/c1-19-32(31(43)44-2)16-23(13-29(41)39-17-20-6-5-9-24(12-20)33(36,37)38)30(42)40(18-22-10-11-25(34)14-26(22)35)28(32)15-27(45-19)21-7-3-4-8-21/h5-6,9-12,14-15,19,21,23,27H,3-4,7-8,13,16-18H2,1-2H3,(H,39,41)/t19-,23+,27-,32+/m1/s1. The topological polar surface area (TPSA) is 84.9 Å². The van der Waals surface area contributed by atoms with Gasteiger partial charge < -0.3 is 19.7 Å². The number of likely N-dealkylation sites (tertiary alicyclic amines) is 1. The maximum Gasteiger partial charge on any atom is 0.416 e. The molecule has 1 N–H and O–H groups in total. The van der Waals surface area contributed by atoms with Gasteiger partial charge in [-0.3, -0.25) is 14.4 Å². The molecule has 0 aromatic heterocycles. The Hall–Kier alpha value is -3.08. The molecule has 2 aliphatic heterocycles. The van der Waals surface area contributed by atoms with Gasteiger partial charge in [-0.1, -0.05) is 54.2 Å². The summed E-state index contributed by atoms with van der Waals surface area (Å²) in [7, 11) is 1.28. The highest BCUT2D eigenvalue weighted by Crippen LogP contribution is 2.52. The maximum atomic E-state index is 14.2. The summed E-state index contributed by atoms with van der Waals surface area (Å²) in [6.45, 7) is 1.65. The summed E-state index contributed by atoms with van der Waals surface area (Å²) < 4.78 is 51.3. The van der Waals surface area contributed by atoms with Gasteiger partial charge in [0.15, 0.2) is 0 Å². The lowest BCUT2D eigenvalue weighted by Crippen LogP contribution is -2.60. The van der Waals surface area contributed by atoms with Gasteiger partial charge in [-0.25, -0.2) is 0 Å². The van der Waals surface area contributed by atoms with E-state index >= 15 is 0 Å². The van der Waals surface area contributed by atoms with Crippen molar-refractivity contribution < 1.29 is 37.0 Å². The zero-order chi connectivity index (χ0) is 32.5. The average Bonchev–Trinajstić information content (AvgIpc) is 3.54. The number of carbonyl (C=O) groups is 3. The fourth-order valence-corrected chi connectivity index (χ4v) is 7.35. The summed E-state index contributed by atoms with van der Waals surface area (Å²) in [5.74, 6) is -2.22. The number of benzene rings is 2. The monoisotopic (exact) mass is 666 g/mol. The molecule has 0 unspecified atom stereocenters. The Morgan fingerprint density at radius 1 is 1.13 bits per heavy atom. The second-order valence-electron chi connectivity index (χ2n) is 12.0. The lowest BCUT2D eigenvalue weighted by atomic mass is 9.66. The van der Waals surface area contributed by atoms with Crippen LogP contribution in [0.25, 0.3) is 0 Å². The SMILES string of the molecule is COC(=O)[C@]12C[C@H](CC(=O)NCc3cccc(C(F)(F)F)c3)C(=O)N(Cc3ccc(Cl)cc3Cl)C1=C[C@H](C1CCCC1)O[C@@H]2C. The molecule has 0 spiro atoms. The zero-order valence-electron chi connectivity index (χ0n) is 25.0. The molecule has 1 saturated heterocycles. The molecule has 2 fully saturated rings. The number of nitrogens with zero attached hydrogens (tertiary/aromatic N) is 1. The minimum absolute atomic E-state index is 0.0197. The van der Waals surface area contributed by atoms with Crippen molar-refractivity contribution >= 4 is 41.0 Å². The van der Waals surface area contributed by atoms with Crippen LogP contribution in [0.4, 0.5) is 13.2 Å². The van der Waals surface area contributed by atoms with E-state index in [1.54, 1.807) is 25.1 Å². The number of ether oxygens (including phenoxy) is 2. The molecular weight excluding hydrogens is 632 g/mol. The molecule has 3 aliphatic rings. The van der Waals surface area contributed by atoms with Crippen molar-refractivity contribution in [2.45, 2.75) is 76.9 Å². The predicted octanol–water partition coefficient (Wildman–Crippen LogP) is 7.09. The van der Waals surface area contributed by atoms with E-state index in [1.165, 1.54) is 24.1 Å². The van der Waals surface area contributed by atoms with Crippen molar-refractivity contribution in [3.8, 4) is 0 Å². The van der Waals surface area contributed by atoms with Gasteiger partial charge in [0.1, 0.15) is 5.41 Å². The predicted molar refractivity (Wildman–Crippen MR) is 162 cm³/mol. The van der Waals surface area contributed by atoms with Crippen LogP contribution in [-0.4, -0.2) is 42.0 Å². The Morgan fingerprint density at radius 2 is 1.87 bits per heavy atom. The zero-order valence-corrected chi connectivity index (χ0v) is 26.5. The van der Waals surface area contributed by atoms with Crippen LogP contribution in [0.1, 0.15) is 62.1 Å². The maximum absolute atomic E-state index is 14.2. The Bertz CT molecular complexity index is 1490. The third-order valence-electron chi connectivity index (χ3n) is 9.24. The van der Waals surface area contributed by atoms with Crippen LogP contribution in [-0.2, 0) is 43.1 Å². The van der Waals surface area contributed by atoms with Crippen LogP contribution in [0.2, 0.25) is 10.0 Å². The number of hydrogen-bond donors (Lipinski definition) is 1. The highest BCUT2D eigenvalue weighted by Gasteiger charge is 2.60. The summed E-state index contributed by atoms with van der Waals surface area (Å²) >= 11 is 12.6. The van der Waals surface area contributed by atoms with Crippen LogP contribution in [0.3, 0.4) is 0 Å². The summed E-state index contributed by atoms with van der Waals surface area (Å²) in [6.07, 6.45) is 0.123. The molecule has 0 radical (unpaired) electrons. The second kappa shape index (κ2) is 13.3. The number of piperidine rings is 1. The molecule has 1 aliphatic carbocycles. The number of carbonyl (C=O) groups excluding carboxylic acids is 3. The molecule has 7 nitrogen and oxygen atoms in total. The number of methoxy groups -OCH3 is 1. The first kappa shape index (κ1) is 33.3. The molecule has 2 aromatic rings. The van der Waals surface area contributed by atoms with E-state index in [0.717, 1.165) is 37.8 Å². The number of hydrogen-bond acceptors (Lipinski definition) is 5.